The Morgan fingerprint density at radius 2 is 0.790 bits per heavy atom. The number of aromatic nitrogens is 1. The number of methoxy groups -OCH3 is 7. The van der Waals surface area contributed by atoms with Gasteiger partial charge in [0.25, 0.3) is 0 Å². The Morgan fingerprint density at radius 3 is 1.15 bits per heavy atom. The second-order valence-corrected chi connectivity index (χ2v) is 31.4. The third-order valence-electron chi connectivity index (χ3n) is 23.9. The van der Waals surface area contributed by atoms with Crippen molar-refractivity contribution in [2.24, 2.45) is 30.7 Å². The van der Waals surface area contributed by atoms with E-state index >= 15 is 0 Å². The van der Waals surface area contributed by atoms with Crippen LogP contribution in [0, 0.1) is 23.7 Å². The number of carbonyl (C=O) groups is 5. The third-order valence-corrected chi connectivity index (χ3v) is 23.9. The third kappa shape index (κ3) is 27.2. The van der Waals surface area contributed by atoms with Gasteiger partial charge in [-0.2, -0.15) is 0 Å². The van der Waals surface area contributed by atoms with Crippen molar-refractivity contribution >= 4 is 35.5 Å². The number of amides is 1. The molecule has 9 aromatic rings. The van der Waals surface area contributed by atoms with E-state index in [1.165, 1.54) is 0 Å². The molecule has 1 aromatic heterocycles. The number of carbonyl (C=O) groups excluding carboxylic acids is 1. The van der Waals surface area contributed by atoms with E-state index in [1.54, 1.807) is 49.8 Å². The minimum atomic E-state index is -0.864. The van der Waals surface area contributed by atoms with Gasteiger partial charge in [-0.1, -0.05) is 149 Å². The molecule has 0 bridgehead atoms. The summed E-state index contributed by atoms with van der Waals surface area (Å²) in [5.74, 6) is 2.43. The Balaban J connectivity index is 0.000000198. The molecule has 14 rings (SSSR count). The molecule has 5 aliphatic heterocycles. The molecule has 6 heterocycles. The molecule has 8 aromatic carbocycles. The van der Waals surface area contributed by atoms with E-state index in [1.807, 2.05) is 283 Å². The van der Waals surface area contributed by atoms with Crippen LogP contribution in [0.25, 0.3) is 0 Å². The second-order valence-electron chi connectivity index (χ2n) is 31.4. The molecule has 4 saturated heterocycles. The highest BCUT2D eigenvalue weighted by Gasteiger charge is 2.49. The van der Waals surface area contributed by atoms with E-state index in [0.717, 1.165) is 132 Å². The van der Waals surface area contributed by atoms with E-state index < -0.39 is 35.8 Å². The topological polar surface area (TPSA) is 269 Å². The van der Waals surface area contributed by atoms with Crippen LogP contribution in [0.1, 0.15) is 118 Å². The number of hydrogen-bond acceptors (Lipinski definition) is 18. The maximum absolute atomic E-state index is 14.0. The molecule has 5 aliphatic rings. The number of ether oxygens (including phenoxy) is 9. The minimum Gasteiger partial charge on any atom is -0.497 e. The Kier molecular flexibility index (Phi) is 39.5. The molecule has 0 saturated carbocycles. The highest BCUT2D eigenvalue weighted by atomic mass is 16.5. The lowest BCUT2D eigenvalue weighted by Crippen LogP contribution is -2.45. The fraction of sp³-hybridized carbons (Fsp3) is 0.420. The summed E-state index contributed by atoms with van der Waals surface area (Å²) in [5.41, 5.74) is 6.15. The van der Waals surface area contributed by atoms with Gasteiger partial charge in [0.05, 0.1) is 93.2 Å². The van der Waals surface area contributed by atoms with Crippen LogP contribution in [0.5, 0.6) is 51.7 Å². The monoisotopic (exact) mass is 1700 g/mol. The number of para-hydroxylation sites is 5. The molecular formula is C100H129N6O18+. The molecule has 666 valence electrons. The smallest absolute Gasteiger partial charge is 0.308 e. The number of aliphatic carboxylic acids is 4. The van der Waals surface area contributed by atoms with E-state index in [4.69, 9.17) is 42.6 Å². The normalized spacial score (nSPS) is 21.0. The summed E-state index contributed by atoms with van der Waals surface area (Å²) in [4.78, 5) is 72.0. The van der Waals surface area contributed by atoms with Crippen molar-refractivity contribution in [3.63, 3.8) is 0 Å². The van der Waals surface area contributed by atoms with Crippen LogP contribution in [0.3, 0.4) is 0 Å². The first kappa shape index (κ1) is 97.7. The Bertz CT molecular complexity index is 4390. The van der Waals surface area contributed by atoms with Gasteiger partial charge in [0.1, 0.15) is 53.0 Å². The van der Waals surface area contributed by atoms with Crippen molar-refractivity contribution in [1.82, 2.24) is 19.6 Å². The highest BCUT2D eigenvalue weighted by Crippen LogP contribution is 2.44. The molecule has 4 fully saturated rings. The summed E-state index contributed by atoms with van der Waals surface area (Å²) in [7, 11) is 19.4. The summed E-state index contributed by atoms with van der Waals surface area (Å²) in [6.07, 6.45) is 9.56. The highest BCUT2D eigenvalue weighted by molar-refractivity contribution is 5.94. The zero-order valence-corrected chi connectivity index (χ0v) is 74.7. The summed E-state index contributed by atoms with van der Waals surface area (Å²) >= 11 is 0. The number of anilines is 1. The Morgan fingerprint density at radius 1 is 0.427 bits per heavy atom. The van der Waals surface area contributed by atoms with Gasteiger partial charge < -0.3 is 82.7 Å². The average Bonchev–Trinajstić information content (AvgIpc) is 1.68. The van der Waals surface area contributed by atoms with Crippen LogP contribution in [-0.2, 0) is 37.4 Å². The fourth-order valence-electron chi connectivity index (χ4n) is 17.5. The number of fused-ring (bicyclic) bond motifs is 1. The number of carboxylic acid groups (broad SMARTS) is 4. The maximum atomic E-state index is 14.0. The van der Waals surface area contributed by atoms with Crippen molar-refractivity contribution in [3.8, 4) is 51.7 Å². The van der Waals surface area contributed by atoms with Gasteiger partial charge in [0.2, 0.25) is 5.91 Å². The number of aryl methyl sites for hydroxylation is 1. The minimum absolute atomic E-state index is 0.0394. The second kappa shape index (κ2) is 50.2. The molecule has 124 heavy (non-hydrogen) atoms. The maximum Gasteiger partial charge on any atom is 0.308 e. The molecule has 12 atom stereocenters. The summed E-state index contributed by atoms with van der Waals surface area (Å²) < 4.78 is 49.3. The van der Waals surface area contributed by atoms with Gasteiger partial charge in [-0.15, -0.1) is 0 Å². The Hall–Kier alpha value is -11.7. The van der Waals surface area contributed by atoms with Gasteiger partial charge in [-0.25, -0.2) is 4.57 Å². The van der Waals surface area contributed by atoms with Crippen molar-refractivity contribution in [2.45, 2.75) is 120 Å². The van der Waals surface area contributed by atoms with Crippen LogP contribution in [0.15, 0.2) is 231 Å². The molecule has 0 aliphatic carbocycles. The van der Waals surface area contributed by atoms with Gasteiger partial charge in [-0.3, -0.25) is 28.9 Å². The fourth-order valence-corrected chi connectivity index (χ4v) is 17.5. The predicted octanol–water partition coefficient (Wildman–Crippen LogP) is 15.9. The molecular weight excluding hydrogens is 1570 g/mol. The SMILES string of the molecule is CCCCN(C(=O)CN1C[C@H](c2ccc3c(c2)CCO3)[C@@H](C(=O)O)[C@@H]1CCOc1ccccc1OC)c1ccc[n+](C)c1.CC[C@H]1[C@H](C(=O)O)[C@@H](c2ccc(OC)cc2)CN1C.CC[C@H]1[C@H](C(=O)O)[C@@H](c2ccc(OC)cc2)CN1C.CC[C@H]1[C@H](C(=O)O)[C@@H](c2ccc(OC)cc2)CN1C.COc1ccccc1.COc1ccccc1.COc1ccccc1. The lowest BCUT2D eigenvalue weighted by atomic mass is 9.83. The Labute approximate surface area is 732 Å². The standard InChI is InChI=1S/C34H41N3O6.3C15H21NO3.3C7H8O/c1-4-5-17-37(26-9-8-16-35(2)21-26)32(38)23-36-22-27(24-12-13-29-25(20-24)14-18-42-29)33(34(39)40)28(36)15-19-43-31-11-7-6-10-30(31)41-3;3*1-4-13-14(15(17)18)12(9-16(13)2)10-5-7-11(19-3)8-6-10;3*1-8-7-5-3-2-4-6-7/h6-13,16,20-21,27-28,33H,4-5,14-15,17-19,22-23H2,1-3H3;3*5-8,12-14H,4,9H2,1-3H3,(H,17,18);3*2-6H,1H3/p+1/t27-,28+,33-;3*12-,13+,14-;;;/m1111.../s1. The number of rotatable bonds is 28. The molecule has 1 amide bonds. The summed E-state index contributed by atoms with van der Waals surface area (Å²) in [6, 6.07) is 69.6. The average molecular weight is 1700 g/mol. The first-order chi connectivity index (χ1) is 59.9. The van der Waals surface area contributed by atoms with Gasteiger partial charge in [-0.05, 0) is 178 Å². The molecule has 0 spiro atoms. The van der Waals surface area contributed by atoms with Crippen LogP contribution in [0.4, 0.5) is 5.69 Å². The molecule has 4 N–H and O–H groups in total. The van der Waals surface area contributed by atoms with Crippen LogP contribution in [-0.4, -0.2) is 217 Å². The van der Waals surface area contributed by atoms with Crippen molar-refractivity contribution in [3.05, 3.63) is 259 Å². The van der Waals surface area contributed by atoms with Crippen molar-refractivity contribution in [2.75, 3.05) is 128 Å². The summed E-state index contributed by atoms with van der Waals surface area (Å²) in [5, 5.41) is 39.1. The molecule has 24 nitrogen and oxygen atoms in total. The number of benzene rings is 8. The first-order valence-corrected chi connectivity index (χ1v) is 42.7. The van der Waals surface area contributed by atoms with E-state index in [2.05, 4.69) is 32.6 Å². The number of carboxylic acids is 4. The van der Waals surface area contributed by atoms with Crippen LogP contribution >= 0.6 is 0 Å². The van der Waals surface area contributed by atoms with E-state index in [0.29, 0.717) is 44.2 Å². The largest absolute Gasteiger partial charge is 0.497 e. The predicted molar refractivity (Wildman–Crippen MR) is 483 cm³/mol. The van der Waals surface area contributed by atoms with Crippen LogP contribution in [0.2, 0.25) is 0 Å². The zero-order chi connectivity index (χ0) is 89.8. The first-order valence-electron chi connectivity index (χ1n) is 42.7. The number of likely N-dealkylation sites (N-methyl/N-ethyl adjacent to an activating group) is 3. The van der Waals surface area contributed by atoms with Crippen LogP contribution < -0.4 is 52.1 Å². The number of nitrogens with zero attached hydrogens (tertiary/aromatic N) is 6. The lowest BCUT2D eigenvalue weighted by Gasteiger charge is -2.29. The number of pyridine rings is 1. The van der Waals surface area contributed by atoms with E-state index in [-0.39, 0.29) is 72.0 Å². The number of hydrogen-bond donors (Lipinski definition) is 4. The number of unbranched alkanes of at least 4 members (excludes halogenated alkanes) is 1. The zero-order valence-electron chi connectivity index (χ0n) is 74.7. The molecule has 24 heteroatoms. The molecule has 0 unspecified atom stereocenters. The number of likely N-dealkylation sites (tertiary alicyclic amines) is 4. The lowest BCUT2D eigenvalue weighted by molar-refractivity contribution is -0.670. The quantitative estimate of drug-likeness (QED) is 0.0332. The van der Waals surface area contributed by atoms with Crippen molar-refractivity contribution < 1.29 is 91.6 Å². The summed E-state index contributed by atoms with van der Waals surface area (Å²) in [6.45, 7) is 12.8. The molecule has 0 radical (unpaired) electrons. The van der Waals surface area contributed by atoms with E-state index in [9.17, 15) is 44.4 Å². The van der Waals surface area contributed by atoms with Crippen molar-refractivity contribution in [1.29, 1.82) is 0 Å². The van der Waals surface area contributed by atoms with Gasteiger partial charge >= 0.3 is 23.9 Å². The van der Waals surface area contributed by atoms with Gasteiger partial charge in [0.15, 0.2) is 23.9 Å². The van der Waals surface area contributed by atoms with Gasteiger partial charge in [0, 0.05) is 93.0 Å².